The maximum atomic E-state index is 6.17. The van der Waals surface area contributed by atoms with Crippen molar-refractivity contribution in [2.45, 2.75) is 33.2 Å². The molecule has 3 rings (SSSR count). The Hall–Kier alpha value is -1.58. The molecular weight excluding hydrogens is 274 g/mol. The Morgan fingerprint density at radius 3 is 3.00 bits per heavy atom. The van der Waals surface area contributed by atoms with Crippen molar-refractivity contribution in [1.29, 1.82) is 0 Å². The summed E-state index contributed by atoms with van der Waals surface area (Å²) in [5.74, 6) is 0.650. The Bertz CT molecular complexity index is 642. The Kier molecular flexibility index (Phi) is 3.64. The summed E-state index contributed by atoms with van der Waals surface area (Å²) in [6.07, 6.45) is 1.83. The van der Waals surface area contributed by atoms with Gasteiger partial charge in [-0.2, -0.15) is 0 Å². The first kappa shape index (κ1) is 13.4. The van der Waals surface area contributed by atoms with Gasteiger partial charge in [0.25, 0.3) is 0 Å². The molecular formula is C16H16ClNO2. The van der Waals surface area contributed by atoms with E-state index in [1.165, 1.54) is 5.56 Å². The summed E-state index contributed by atoms with van der Waals surface area (Å²) in [6.45, 7) is 5.09. The van der Waals surface area contributed by atoms with Crippen LogP contribution < -0.4 is 4.74 Å². The quantitative estimate of drug-likeness (QED) is 0.793. The normalized spacial score (nSPS) is 17.1. The molecule has 0 amide bonds. The van der Waals surface area contributed by atoms with Gasteiger partial charge in [0, 0.05) is 17.3 Å². The highest BCUT2D eigenvalue weighted by atomic mass is 35.5. The molecule has 1 atom stereocenters. The van der Waals surface area contributed by atoms with Gasteiger partial charge in [-0.15, -0.1) is 0 Å². The average Bonchev–Trinajstić information content (AvgIpc) is 2.81. The van der Waals surface area contributed by atoms with E-state index in [1.54, 1.807) is 6.20 Å². The third-order valence-corrected chi connectivity index (χ3v) is 3.95. The number of halogens is 1. The van der Waals surface area contributed by atoms with Crippen LogP contribution in [0.1, 0.15) is 35.3 Å². The number of hydrogen-bond donors (Lipinski definition) is 0. The van der Waals surface area contributed by atoms with Crippen molar-refractivity contribution in [3.05, 3.63) is 57.9 Å². The molecule has 20 heavy (non-hydrogen) atoms. The van der Waals surface area contributed by atoms with Crippen LogP contribution in [0.2, 0.25) is 5.15 Å². The molecule has 3 nitrogen and oxygen atoms in total. The molecule has 2 heterocycles. The van der Waals surface area contributed by atoms with Crippen LogP contribution in [-0.2, 0) is 18.0 Å². The molecule has 1 aliphatic rings. The van der Waals surface area contributed by atoms with Gasteiger partial charge in [0.05, 0.1) is 12.7 Å². The average molecular weight is 290 g/mol. The van der Waals surface area contributed by atoms with E-state index in [9.17, 15) is 0 Å². The largest absolute Gasteiger partial charge is 0.485 e. The lowest BCUT2D eigenvalue weighted by molar-refractivity contribution is 0.0787. The molecule has 0 saturated carbocycles. The number of rotatable bonds is 3. The predicted molar refractivity (Wildman–Crippen MR) is 78.0 cm³/mol. The Balaban J connectivity index is 1.87. The fourth-order valence-electron chi connectivity index (χ4n) is 2.38. The predicted octanol–water partition coefficient (Wildman–Crippen LogP) is 4.21. The highest BCUT2D eigenvalue weighted by Crippen LogP contribution is 2.39. The summed E-state index contributed by atoms with van der Waals surface area (Å²) in [4.78, 5) is 4.20. The van der Waals surface area contributed by atoms with Crippen molar-refractivity contribution < 1.29 is 9.47 Å². The minimum absolute atomic E-state index is 0.0515. The lowest BCUT2D eigenvalue weighted by Gasteiger charge is -2.12. The van der Waals surface area contributed by atoms with Crippen LogP contribution in [0.5, 0.6) is 5.75 Å². The van der Waals surface area contributed by atoms with E-state index in [0.29, 0.717) is 24.1 Å². The van der Waals surface area contributed by atoms with E-state index in [2.05, 4.69) is 24.0 Å². The van der Waals surface area contributed by atoms with Crippen molar-refractivity contribution in [1.82, 2.24) is 4.98 Å². The van der Waals surface area contributed by atoms with Gasteiger partial charge in [-0.25, -0.2) is 4.98 Å². The van der Waals surface area contributed by atoms with Gasteiger partial charge < -0.3 is 9.47 Å². The molecule has 1 unspecified atom stereocenters. The number of hydrogen-bond acceptors (Lipinski definition) is 3. The molecule has 0 aliphatic carbocycles. The first-order valence-electron chi connectivity index (χ1n) is 6.63. The molecule has 0 saturated heterocycles. The summed E-state index contributed by atoms with van der Waals surface area (Å²) in [5.41, 5.74) is 4.43. The van der Waals surface area contributed by atoms with Crippen LogP contribution in [0.4, 0.5) is 0 Å². The first-order valence-corrected chi connectivity index (χ1v) is 7.01. The Labute approximate surface area is 123 Å². The smallest absolute Gasteiger partial charge is 0.171 e. The standard InChI is InChI=1S/C16H16ClNO2/c1-10-5-3-4-6-12(10)8-20-15-14-9-19-11(2)13(14)7-18-16(15)17/h3-7,11H,8-9H2,1-2H3. The summed E-state index contributed by atoms with van der Waals surface area (Å²) in [6, 6.07) is 8.15. The maximum Gasteiger partial charge on any atom is 0.171 e. The van der Waals surface area contributed by atoms with Gasteiger partial charge in [-0.1, -0.05) is 35.9 Å². The summed E-state index contributed by atoms with van der Waals surface area (Å²) in [7, 11) is 0. The SMILES string of the molecule is Cc1ccccc1COc1c(Cl)ncc2c1COC2C. The highest BCUT2D eigenvalue weighted by molar-refractivity contribution is 6.31. The van der Waals surface area contributed by atoms with Crippen LogP contribution in [0, 0.1) is 6.92 Å². The van der Waals surface area contributed by atoms with Gasteiger partial charge in [-0.3, -0.25) is 0 Å². The number of aromatic nitrogens is 1. The topological polar surface area (TPSA) is 31.4 Å². The molecule has 1 aromatic carbocycles. The number of ether oxygens (including phenoxy) is 2. The zero-order chi connectivity index (χ0) is 14.1. The van der Waals surface area contributed by atoms with Crippen molar-refractivity contribution in [2.75, 3.05) is 0 Å². The summed E-state index contributed by atoms with van der Waals surface area (Å²) < 4.78 is 11.5. The number of fused-ring (bicyclic) bond motifs is 1. The fourth-order valence-corrected chi connectivity index (χ4v) is 2.60. The van der Waals surface area contributed by atoms with Crippen LogP contribution in [-0.4, -0.2) is 4.98 Å². The van der Waals surface area contributed by atoms with Crippen LogP contribution in [0.3, 0.4) is 0 Å². The molecule has 104 valence electrons. The van der Waals surface area contributed by atoms with E-state index in [0.717, 1.165) is 16.7 Å². The monoisotopic (exact) mass is 289 g/mol. The molecule has 0 bridgehead atoms. The zero-order valence-electron chi connectivity index (χ0n) is 11.5. The second-order valence-electron chi connectivity index (χ2n) is 4.98. The number of benzene rings is 1. The van der Waals surface area contributed by atoms with Crippen molar-refractivity contribution in [2.24, 2.45) is 0 Å². The Morgan fingerprint density at radius 2 is 2.20 bits per heavy atom. The second-order valence-corrected chi connectivity index (χ2v) is 5.34. The van der Waals surface area contributed by atoms with Gasteiger partial charge in [0.2, 0.25) is 0 Å². The molecule has 0 fully saturated rings. The summed E-state index contributed by atoms with van der Waals surface area (Å²) >= 11 is 6.17. The maximum absolute atomic E-state index is 6.17. The summed E-state index contributed by atoms with van der Waals surface area (Å²) in [5, 5.41) is 0.398. The third kappa shape index (κ3) is 2.39. The van der Waals surface area contributed by atoms with Crippen LogP contribution in [0.15, 0.2) is 30.5 Å². The molecule has 1 aliphatic heterocycles. The highest BCUT2D eigenvalue weighted by Gasteiger charge is 2.25. The second kappa shape index (κ2) is 5.43. The molecule has 4 heteroatoms. The van der Waals surface area contributed by atoms with Gasteiger partial charge in [0.15, 0.2) is 10.9 Å². The molecule has 0 spiro atoms. The molecule has 0 N–H and O–H groups in total. The van der Waals surface area contributed by atoms with E-state index in [1.807, 2.05) is 19.1 Å². The van der Waals surface area contributed by atoms with E-state index < -0.39 is 0 Å². The minimum Gasteiger partial charge on any atom is -0.485 e. The molecule has 0 radical (unpaired) electrons. The minimum atomic E-state index is 0.0515. The molecule has 1 aromatic heterocycles. The van der Waals surface area contributed by atoms with E-state index in [-0.39, 0.29) is 6.10 Å². The van der Waals surface area contributed by atoms with Gasteiger partial charge in [-0.05, 0) is 25.0 Å². The number of pyridine rings is 1. The Morgan fingerprint density at radius 1 is 1.40 bits per heavy atom. The van der Waals surface area contributed by atoms with Crippen LogP contribution >= 0.6 is 11.6 Å². The lowest BCUT2D eigenvalue weighted by Crippen LogP contribution is -2.02. The fraction of sp³-hybridized carbons (Fsp3) is 0.312. The lowest BCUT2D eigenvalue weighted by atomic mass is 10.1. The van der Waals surface area contributed by atoms with Gasteiger partial charge in [0.1, 0.15) is 6.61 Å². The first-order chi connectivity index (χ1) is 9.66. The van der Waals surface area contributed by atoms with E-state index in [4.69, 9.17) is 21.1 Å². The van der Waals surface area contributed by atoms with Crippen molar-refractivity contribution in [3.8, 4) is 5.75 Å². The van der Waals surface area contributed by atoms with Crippen LogP contribution in [0.25, 0.3) is 0 Å². The molecule has 2 aromatic rings. The van der Waals surface area contributed by atoms with Crippen molar-refractivity contribution >= 4 is 11.6 Å². The van der Waals surface area contributed by atoms with E-state index >= 15 is 0 Å². The number of aryl methyl sites for hydroxylation is 1. The zero-order valence-corrected chi connectivity index (χ0v) is 12.3. The van der Waals surface area contributed by atoms with Crippen molar-refractivity contribution in [3.63, 3.8) is 0 Å². The number of nitrogens with zero attached hydrogens (tertiary/aromatic N) is 1. The third-order valence-electron chi connectivity index (χ3n) is 3.68. The van der Waals surface area contributed by atoms with Gasteiger partial charge >= 0.3 is 0 Å².